The number of anilines is 1. The predicted octanol–water partition coefficient (Wildman–Crippen LogP) is 3.26. The van der Waals surface area contributed by atoms with Gasteiger partial charge in [-0.15, -0.1) is 0 Å². The fourth-order valence-corrected chi connectivity index (χ4v) is 2.55. The highest BCUT2D eigenvalue weighted by Crippen LogP contribution is 2.17. The fraction of sp³-hybridized carbons (Fsp3) is 0.333. The van der Waals surface area contributed by atoms with E-state index in [2.05, 4.69) is 5.32 Å². The maximum atomic E-state index is 12.5. The van der Waals surface area contributed by atoms with E-state index in [1.807, 2.05) is 38.1 Å². The Morgan fingerprint density at radius 1 is 1.04 bits per heavy atom. The summed E-state index contributed by atoms with van der Waals surface area (Å²) in [5, 5.41) is 2.85. The Balaban J connectivity index is 1.91. The van der Waals surface area contributed by atoms with E-state index in [9.17, 15) is 9.59 Å². The number of carbonyl (C=O) groups excluding carboxylic acids is 2. The number of benzene rings is 2. The Hall–Kier alpha value is -3.02. The molecule has 0 bridgehead atoms. The van der Waals surface area contributed by atoms with Crippen LogP contribution in [0.5, 0.6) is 11.5 Å². The second-order valence-corrected chi connectivity index (χ2v) is 6.14. The maximum absolute atomic E-state index is 12.5. The Morgan fingerprint density at radius 3 is 2.33 bits per heavy atom. The minimum atomic E-state index is -0.229. The van der Waals surface area contributed by atoms with Gasteiger partial charge >= 0.3 is 0 Å². The number of aryl methyl sites for hydroxylation is 1. The van der Waals surface area contributed by atoms with Crippen LogP contribution in [0.15, 0.2) is 48.5 Å². The number of nitrogens with one attached hydrogen (secondary N) is 1. The van der Waals surface area contributed by atoms with Gasteiger partial charge in [-0.05, 0) is 49.2 Å². The van der Waals surface area contributed by atoms with E-state index >= 15 is 0 Å². The van der Waals surface area contributed by atoms with Gasteiger partial charge in [-0.1, -0.05) is 25.1 Å². The summed E-state index contributed by atoms with van der Waals surface area (Å²) in [7, 11) is 1.59. The number of ether oxygens (including phenoxy) is 2. The lowest BCUT2D eigenvalue weighted by Crippen LogP contribution is -2.41. The molecule has 0 aliphatic heterocycles. The second kappa shape index (κ2) is 10.2. The van der Waals surface area contributed by atoms with Crippen LogP contribution < -0.4 is 14.8 Å². The zero-order valence-corrected chi connectivity index (χ0v) is 16.0. The van der Waals surface area contributed by atoms with Crippen molar-refractivity contribution in [3.63, 3.8) is 0 Å². The van der Waals surface area contributed by atoms with Crippen molar-refractivity contribution in [1.82, 2.24) is 4.90 Å². The molecule has 6 nitrogen and oxygen atoms in total. The molecule has 0 fully saturated rings. The molecule has 0 aromatic heterocycles. The lowest BCUT2D eigenvalue weighted by atomic mass is 10.2. The van der Waals surface area contributed by atoms with Gasteiger partial charge in [0.2, 0.25) is 5.91 Å². The second-order valence-electron chi connectivity index (χ2n) is 6.14. The number of amides is 2. The number of hydrogen-bond donors (Lipinski definition) is 1. The molecule has 0 heterocycles. The predicted molar refractivity (Wildman–Crippen MR) is 105 cm³/mol. The Kier molecular flexibility index (Phi) is 7.67. The van der Waals surface area contributed by atoms with Crippen molar-refractivity contribution >= 4 is 17.5 Å². The standard InChI is InChI=1S/C21H26N2O4/c1-4-13-23(14-20(24)22-19-8-6-5-7-16(19)2)21(25)15-27-18-11-9-17(26-3)10-12-18/h5-12H,4,13-15H2,1-3H3,(H,22,24). The van der Waals surface area contributed by atoms with Gasteiger partial charge in [-0.25, -0.2) is 0 Å². The van der Waals surface area contributed by atoms with Crippen LogP contribution in [0.25, 0.3) is 0 Å². The molecule has 2 aromatic rings. The SMILES string of the molecule is CCCN(CC(=O)Nc1ccccc1C)C(=O)COc1ccc(OC)cc1. The molecule has 0 saturated carbocycles. The lowest BCUT2D eigenvalue weighted by Gasteiger charge is -2.22. The van der Waals surface area contributed by atoms with Crippen LogP contribution >= 0.6 is 0 Å². The molecule has 6 heteroatoms. The molecule has 0 spiro atoms. The number of para-hydroxylation sites is 1. The van der Waals surface area contributed by atoms with Gasteiger partial charge in [0.05, 0.1) is 13.7 Å². The monoisotopic (exact) mass is 370 g/mol. The van der Waals surface area contributed by atoms with Crippen molar-refractivity contribution < 1.29 is 19.1 Å². The van der Waals surface area contributed by atoms with Gasteiger partial charge < -0.3 is 19.7 Å². The third kappa shape index (κ3) is 6.33. The topological polar surface area (TPSA) is 67.9 Å². The molecule has 0 radical (unpaired) electrons. The van der Waals surface area contributed by atoms with Gasteiger partial charge in [0.1, 0.15) is 11.5 Å². The minimum Gasteiger partial charge on any atom is -0.497 e. The highest BCUT2D eigenvalue weighted by Gasteiger charge is 2.17. The molecule has 2 amide bonds. The van der Waals surface area contributed by atoms with Crippen molar-refractivity contribution in [3.8, 4) is 11.5 Å². The van der Waals surface area contributed by atoms with E-state index in [1.165, 1.54) is 4.90 Å². The van der Waals surface area contributed by atoms with E-state index in [1.54, 1.807) is 31.4 Å². The van der Waals surface area contributed by atoms with Crippen molar-refractivity contribution in [3.05, 3.63) is 54.1 Å². The highest BCUT2D eigenvalue weighted by molar-refractivity contribution is 5.95. The van der Waals surface area contributed by atoms with Crippen LogP contribution in [0, 0.1) is 6.92 Å². The summed E-state index contributed by atoms with van der Waals surface area (Å²) < 4.78 is 10.6. The van der Waals surface area contributed by atoms with Crippen molar-refractivity contribution in [1.29, 1.82) is 0 Å². The van der Waals surface area contributed by atoms with Crippen LogP contribution in [-0.4, -0.2) is 43.5 Å². The first-order valence-corrected chi connectivity index (χ1v) is 8.93. The zero-order valence-electron chi connectivity index (χ0n) is 16.0. The maximum Gasteiger partial charge on any atom is 0.260 e. The summed E-state index contributed by atoms with van der Waals surface area (Å²) in [6, 6.07) is 14.5. The van der Waals surface area contributed by atoms with Crippen molar-refractivity contribution in [2.75, 3.05) is 32.1 Å². The number of methoxy groups -OCH3 is 1. The summed E-state index contributed by atoms with van der Waals surface area (Å²) in [6.07, 6.45) is 0.756. The minimum absolute atomic E-state index is 0.00696. The molecule has 0 saturated heterocycles. The fourth-order valence-electron chi connectivity index (χ4n) is 2.55. The van der Waals surface area contributed by atoms with Crippen LogP contribution in [0.1, 0.15) is 18.9 Å². The molecule has 0 aliphatic carbocycles. The number of nitrogens with zero attached hydrogens (tertiary/aromatic N) is 1. The molecular formula is C21H26N2O4. The molecule has 0 atom stereocenters. The van der Waals surface area contributed by atoms with Crippen molar-refractivity contribution in [2.24, 2.45) is 0 Å². The van der Waals surface area contributed by atoms with Crippen LogP contribution in [0.2, 0.25) is 0 Å². The van der Waals surface area contributed by atoms with Crippen LogP contribution in [-0.2, 0) is 9.59 Å². The largest absolute Gasteiger partial charge is 0.497 e. The first-order chi connectivity index (χ1) is 13.0. The molecule has 1 N–H and O–H groups in total. The smallest absolute Gasteiger partial charge is 0.260 e. The van der Waals surface area contributed by atoms with E-state index in [0.717, 1.165) is 17.7 Å². The summed E-state index contributed by atoms with van der Waals surface area (Å²) in [6.45, 7) is 4.25. The molecule has 144 valence electrons. The number of rotatable bonds is 9. The van der Waals surface area contributed by atoms with Crippen LogP contribution in [0.3, 0.4) is 0 Å². The van der Waals surface area contributed by atoms with Crippen molar-refractivity contribution in [2.45, 2.75) is 20.3 Å². The molecular weight excluding hydrogens is 344 g/mol. The molecule has 0 aliphatic rings. The Bertz CT molecular complexity index is 759. The average molecular weight is 370 g/mol. The van der Waals surface area contributed by atoms with Gasteiger partial charge in [0.25, 0.3) is 5.91 Å². The van der Waals surface area contributed by atoms with E-state index in [-0.39, 0.29) is 25.0 Å². The van der Waals surface area contributed by atoms with E-state index in [0.29, 0.717) is 18.0 Å². The Labute approximate surface area is 160 Å². The normalized spacial score (nSPS) is 10.2. The molecule has 2 rings (SSSR count). The summed E-state index contributed by atoms with van der Waals surface area (Å²) in [5.41, 5.74) is 1.72. The lowest BCUT2D eigenvalue weighted by molar-refractivity contribution is -0.136. The van der Waals surface area contributed by atoms with E-state index < -0.39 is 0 Å². The van der Waals surface area contributed by atoms with Gasteiger partial charge in [0.15, 0.2) is 6.61 Å². The zero-order chi connectivity index (χ0) is 19.6. The summed E-state index contributed by atoms with van der Waals surface area (Å²) in [4.78, 5) is 26.3. The summed E-state index contributed by atoms with van der Waals surface area (Å²) >= 11 is 0. The molecule has 0 unspecified atom stereocenters. The van der Waals surface area contributed by atoms with Gasteiger partial charge in [0, 0.05) is 12.2 Å². The average Bonchev–Trinajstić information content (AvgIpc) is 2.68. The summed E-state index contributed by atoms with van der Waals surface area (Å²) in [5.74, 6) is 0.835. The number of hydrogen-bond acceptors (Lipinski definition) is 4. The first kappa shape index (κ1) is 20.3. The Morgan fingerprint density at radius 2 is 1.70 bits per heavy atom. The third-order valence-electron chi connectivity index (χ3n) is 4.02. The first-order valence-electron chi connectivity index (χ1n) is 8.93. The van der Waals surface area contributed by atoms with Gasteiger partial charge in [-0.3, -0.25) is 9.59 Å². The highest BCUT2D eigenvalue weighted by atomic mass is 16.5. The third-order valence-corrected chi connectivity index (χ3v) is 4.02. The quantitative estimate of drug-likeness (QED) is 0.736. The number of carbonyl (C=O) groups is 2. The van der Waals surface area contributed by atoms with E-state index in [4.69, 9.17) is 9.47 Å². The van der Waals surface area contributed by atoms with Crippen LogP contribution in [0.4, 0.5) is 5.69 Å². The van der Waals surface area contributed by atoms with Gasteiger partial charge in [-0.2, -0.15) is 0 Å². The molecule has 2 aromatic carbocycles. The molecule has 27 heavy (non-hydrogen) atoms.